The average molecular weight is 1140 g/mol. The topological polar surface area (TPSA) is 9.72 Å². The first kappa shape index (κ1) is 54.7. The second-order valence-electron chi connectivity index (χ2n) is 28.7. The summed E-state index contributed by atoms with van der Waals surface area (Å²) in [4.78, 5) is 7.80. The van der Waals surface area contributed by atoms with E-state index in [0.717, 1.165) is 22.7 Å². The molecular formula is C82H74BN3S. The number of rotatable bonds is 7. The highest BCUT2D eigenvalue weighted by molar-refractivity contribution is 7.33. The molecule has 13 aromatic rings. The van der Waals surface area contributed by atoms with Crippen LogP contribution in [0, 0.1) is 0 Å². The van der Waals surface area contributed by atoms with Crippen LogP contribution in [0.25, 0.3) is 64.7 Å². The van der Waals surface area contributed by atoms with Gasteiger partial charge in [0, 0.05) is 60.2 Å². The van der Waals surface area contributed by atoms with E-state index in [-0.39, 0.29) is 28.4 Å². The molecule has 1 aromatic heterocycles. The highest BCUT2D eigenvalue weighted by Crippen LogP contribution is 2.53. The van der Waals surface area contributed by atoms with Gasteiger partial charge >= 0.3 is 0 Å². The van der Waals surface area contributed by atoms with Gasteiger partial charge in [-0.05, 0) is 201 Å². The number of nitrogens with zero attached hydrogens (tertiary/aromatic N) is 3. The van der Waals surface area contributed by atoms with Gasteiger partial charge in [0.05, 0.1) is 11.4 Å². The van der Waals surface area contributed by atoms with E-state index < -0.39 is 0 Å². The summed E-state index contributed by atoms with van der Waals surface area (Å²) in [5.74, 6) is 0. The van der Waals surface area contributed by atoms with Crippen molar-refractivity contribution in [3.8, 4) is 22.3 Å². The quantitative estimate of drug-likeness (QED) is 0.116. The van der Waals surface area contributed by atoms with Gasteiger partial charge in [0.25, 0.3) is 6.71 Å². The van der Waals surface area contributed by atoms with E-state index in [4.69, 9.17) is 0 Å². The smallest absolute Gasteiger partial charge is 0.264 e. The van der Waals surface area contributed by atoms with E-state index in [9.17, 15) is 0 Å². The largest absolute Gasteiger partial charge is 0.311 e. The molecule has 0 spiro atoms. The first-order valence-corrected chi connectivity index (χ1v) is 31.9. The number of hydrogen-bond donors (Lipinski definition) is 0. The van der Waals surface area contributed by atoms with Crippen LogP contribution >= 0.6 is 11.3 Å². The third-order valence-electron chi connectivity index (χ3n) is 18.8. The molecule has 12 aromatic carbocycles. The van der Waals surface area contributed by atoms with E-state index in [1.165, 1.54) is 131 Å². The maximum Gasteiger partial charge on any atom is 0.264 e. The third kappa shape index (κ3) is 9.14. The number of para-hydroxylation sites is 1. The Morgan fingerprint density at radius 2 is 0.885 bits per heavy atom. The highest BCUT2D eigenvalue weighted by atomic mass is 32.1. The molecule has 0 amide bonds. The first-order valence-electron chi connectivity index (χ1n) is 31.1. The summed E-state index contributed by atoms with van der Waals surface area (Å²) in [7, 11) is 0. The molecule has 5 heteroatoms. The van der Waals surface area contributed by atoms with Crippen LogP contribution in [0.4, 0.5) is 51.2 Å². The van der Waals surface area contributed by atoms with Crippen LogP contribution in [0.2, 0.25) is 0 Å². The van der Waals surface area contributed by atoms with Crippen LogP contribution in [0.3, 0.4) is 0 Å². The standard InChI is InChI=1S/C82H74BN3S/c1-79(2,3)58-32-38-64(39-33-58)85-71-48-61(82(10,11)12)49-72-76(71)83(78-77(85)67-47-60(81(7,8)9)35-43-73(67)87-78)68-41-40-65(84(62-24-17-14-18-25-62)63-36-30-52(31-37-63)51-20-15-13-16-21-51)50-70(68)86(72)69-42-34-59(80(4,5)6)46-66(69)57-44-55-28-26-53-22-19-23-54-27-29-56(45-57)75(55)74(53)54/h13-50H,1-12H3. The van der Waals surface area contributed by atoms with E-state index >= 15 is 0 Å². The van der Waals surface area contributed by atoms with Gasteiger partial charge in [-0.3, -0.25) is 0 Å². The lowest BCUT2D eigenvalue weighted by Gasteiger charge is -2.45. The number of benzene rings is 12. The summed E-state index contributed by atoms with van der Waals surface area (Å²) in [5.41, 5.74) is 22.8. The van der Waals surface area contributed by atoms with Crippen LogP contribution in [0.15, 0.2) is 231 Å². The molecule has 3 nitrogen and oxygen atoms in total. The zero-order valence-electron chi connectivity index (χ0n) is 52.3. The fourth-order valence-electron chi connectivity index (χ4n) is 13.9. The van der Waals surface area contributed by atoms with E-state index in [1.807, 2.05) is 11.3 Å². The Morgan fingerprint density at radius 3 is 1.52 bits per heavy atom. The van der Waals surface area contributed by atoms with Crippen LogP contribution in [0.1, 0.15) is 105 Å². The van der Waals surface area contributed by atoms with E-state index in [1.54, 1.807) is 0 Å². The van der Waals surface area contributed by atoms with Gasteiger partial charge in [-0.15, -0.1) is 11.3 Å². The van der Waals surface area contributed by atoms with Crippen molar-refractivity contribution in [1.82, 2.24) is 0 Å². The molecule has 0 atom stereocenters. The average Bonchev–Trinajstić information content (AvgIpc) is 1.69. The predicted octanol–water partition coefficient (Wildman–Crippen LogP) is 21.9. The zero-order valence-corrected chi connectivity index (χ0v) is 53.1. The van der Waals surface area contributed by atoms with Gasteiger partial charge in [0.1, 0.15) is 0 Å². The van der Waals surface area contributed by atoms with Crippen molar-refractivity contribution in [2.75, 3.05) is 14.7 Å². The summed E-state index contributed by atoms with van der Waals surface area (Å²) in [6.07, 6.45) is 0. The Balaban J connectivity index is 1.05. The van der Waals surface area contributed by atoms with Gasteiger partial charge in [0.2, 0.25) is 0 Å². The minimum Gasteiger partial charge on any atom is -0.311 e. The number of hydrogen-bond acceptors (Lipinski definition) is 4. The molecule has 0 aliphatic carbocycles. The zero-order chi connectivity index (χ0) is 60.1. The second kappa shape index (κ2) is 19.8. The molecule has 0 unspecified atom stereocenters. The molecule has 2 aliphatic rings. The van der Waals surface area contributed by atoms with E-state index in [0.29, 0.717) is 0 Å². The fraction of sp³-hybridized carbons (Fsp3) is 0.195. The van der Waals surface area contributed by atoms with Crippen molar-refractivity contribution in [2.45, 2.75) is 105 Å². The Hall–Kier alpha value is -8.90. The van der Waals surface area contributed by atoms with Crippen LogP contribution in [0.5, 0.6) is 0 Å². The molecule has 0 radical (unpaired) electrons. The number of fused-ring (bicyclic) bond motifs is 6. The van der Waals surface area contributed by atoms with E-state index in [2.05, 4.69) is 328 Å². The summed E-state index contributed by atoms with van der Waals surface area (Å²) >= 11 is 1.98. The predicted molar refractivity (Wildman–Crippen MR) is 380 cm³/mol. The monoisotopic (exact) mass is 1140 g/mol. The van der Waals surface area contributed by atoms with Gasteiger partial charge in [-0.25, -0.2) is 0 Å². The molecule has 0 bridgehead atoms. The van der Waals surface area contributed by atoms with Gasteiger partial charge < -0.3 is 14.7 Å². The van der Waals surface area contributed by atoms with Crippen molar-refractivity contribution in [3.63, 3.8) is 0 Å². The summed E-state index contributed by atoms with van der Waals surface area (Å²) in [5, 5.41) is 9.03. The molecule has 0 saturated carbocycles. The molecule has 15 rings (SSSR count). The maximum atomic E-state index is 2.69. The molecule has 87 heavy (non-hydrogen) atoms. The lowest BCUT2D eigenvalue weighted by atomic mass is 9.36. The highest BCUT2D eigenvalue weighted by Gasteiger charge is 2.47. The molecule has 0 saturated heterocycles. The molecular weight excluding hydrogens is 1070 g/mol. The Morgan fingerprint density at radius 1 is 0.356 bits per heavy atom. The SMILES string of the molecule is CC(C)(C)c1ccc(N2c3cc(C(C)(C)C)cc4c3B(c3ccc(N(c5ccccc5)c5ccc(-c6ccccc6)cc5)cc3N4c3ccc(C(C)(C)C)cc3-c3cc4ccc5cccc6ccc(c3)c4c56)c3sc4ccc(C(C)(C)C)cc4c32)cc1. The molecule has 426 valence electrons. The summed E-state index contributed by atoms with van der Waals surface area (Å²) in [6, 6.07) is 88.4. The normalized spacial score (nSPS) is 13.4. The molecule has 3 heterocycles. The molecule has 0 N–H and O–H groups in total. The maximum absolute atomic E-state index is 2.69. The van der Waals surface area contributed by atoms with Crippen molar-refractivity contribution in [2.24, 2.45) is 0 Å². The van der Waals surface area contributed by atoms with Gasteiger partial charge in [0.15, 0.2) is 0 Å². The number of anilines is 9. The second-order valence-corrected chi connectivity index (χ2v) is 29.8. The molecule has 0 fully saturated rings. The fourth-order valence-corrected chi connectivity index (χ4v) is 15.2. The van der Waals surface area contributed by atoms with Crippen LogP contribution in [-0.4, -0.2) is 6.71 Å². The number of thiophene rings is 1. The van der Waals surface area contributed by atoms with Crippen LogP contribution in [-0.2, 0) is 21.7 Å². The van der Waals surface area contributed by atoms with Gasteiger partial charge in [-0.1, -0.05) is 217 Å². The summed E-state index contributed by atoms with van der Waals surface area (Å²) in [6.45, 7) is 28.1. The minimum absolute atomic E-state index is 0.000503. The Bertz CT molecular complexity index is 4770. The summed E-state index contributed by atoms with van der Waals surface area (Å²) < 4.78 is 2.67. The lowest BCUT2D eigenvalue weighted by molar-refractivity contribution is 0.590. The Labute approximate surface area is 518 Å². The molecule has 2 aliphatic heterocycles. The third-order valence-corrected chi connectivity index (χ3v) is 20.0. The van der Waals surface area contributed by atoms with Crippen LogP contribution < -0.4 is 30.4 Å². The van der Waals surface area contributed by atoms with Crippen molar-refractivity contribution in [1.29, 1.82) is 0 Å². The van der Waals surface area contributed by atoms with Gasteiger partial charge in [-0.2, -0.15) is 0 Å². The van der Waals surface area contributed by atoms with Crippen molar-refractivity contribution < 1.29 is 0 Å². The first-order chi connectivity index (χ1) is 41.7. The lowest BCUT2D eigenvalue weighted by Crippen LogP contribution is -2.60. The Kier molecular flexibility index (Phi) is 12.5. The van der Waals surface area contributed by atoms with Crippen molar-refractivity contribution in [3.05, 3.63) is 253 Å². The minimum atomic E-state index is -0.211. The van der Waals surface area contributed by atoms with Crippen molar-refractivity contribution >= 4 is 127 Å².